The van der Waals surface area contributed by atoms with Crippen molar-refractivity contribution in [3.05, 3.63) is 83.4 Å². The Kier molecular flexibility index (Phi) is 8.32. The first kappa shape index (κ1) is 29.9. The van der Waals surface area contributed by atoms with Gasteiger partial charge in [-0.1, -0.05) is 30.3 Å². The van der Waals surface area contributed by atoms with Gasteiger partial charge in [0.25, 0.3) is 0 Å². The minimum atomic E-state index is -3.70. The van der Waals surface area contributed by atoms with Crippen LogP contribution in [0.4, 0.5) is 5.69 Å². The number of carbonyl (C=O) groups is 3. The Morgan fingerprint density at radius 2 is 1.67 bits per heavy atom. The van der Waals surface area contributed by atoms with Crippen molar-refractivity contribution >= 4 is 33.3 Å². The minimum Gasteiger partial charge on any atom is -0.493 e. The van der Waals surface area contributed by atoms with Gasteiger partial charge in [0.2, 0.25) is 11.8 Å². The summed E-state index contributed by atoms with van der Waals surface area (Å²) in [5.41, 5.74) is 6.89. The van der Waals surface area contributed by atoms with E-state index in [4.69, 9.17) is 15.2 Å². The van der Waals surface area contributed by atoms with Crippen LogP contribution in [0.5, 0.6) is 11.5 Å². The molecule has 11 nitrogen and oxygen atoms in total. The van der Waals surface area contributed by atoms with Crippen LogP contribution in [0.3, 0.4) is 0 Å². The SMILES string of the molecule is COc1ccc(C(Nc2cccc(C(N)=O)c2)C(=O)N2CC[C@H](C(=O)O)[C@@H]2c2ccccc2S(=O)(=O)C2CC2)cc1OC. The van der Waals surface area contributed by atoms with Gasteiger partial charge in [0.1, 0.15) is 6.04 Å². The summed E-state index contributed by atoms with van der Waals surface area (Å²) in [6, 6.07) is 15.6. The van der Waals surface area contributed by atoms with Crippen LogP contribution >= 0.6 is 0 Å². The molecular weight excluding hydrogens is 574 g/mol. The molecule has 3 atom stereocenters. The number of methoxy groups -OCH3 is 2. The first-order valence-corrected chi connectivity index (χ1v) is 15.4. The van der Waals surface area contributed by atoms with Crippen LogP contribution in [-0.2, 0) is 19.4 Å². The number of aliphatic carboxylic acids is 1. The molecule has 2 fully saturated rings. The number of nitrogens with one attached hydrogen (secondary N) is 1. The predicted octanol–water partition coefficient (Wildman–Crippen LogP) is 3.57. The van der Waals surface area contributed by atoms with Crippen LogP contribution in [0.1, 0.15) is 52.8 Å². The number of nitrogens with two attached hydrogens (primary N) is 1. The van der Waals surface area contributed by atoms with E-state index in [0.717, 1.165) is 0 Å². The van der Waals surface area contributed by atoms with Gasteiger partial charge in [0, 0.05) is 17.8 Å². The molecule has 0 radical (unpaired) electrons. The number of carboxylic acid groups (broad SMARTS) is 1. The Morgan fingerprint density at radius 3 is 2.33 bits per heavy atom. The highest BCUT2D eigenvalue weighted by atomic mass is 32.2. The van der Waals surface area contributed by atoms with Crippen molar-refractivity contribution < 1.29 is 37.4 Å². The fraction of sp³-hybridized carbons (Fsp3) is 0.323. The van der Waals surface area contributed by atoms with Crippen molar-refractivity contribution in [2.24, 2.45) is 11.7 Å². The van der Waals surface area contributed by atoms with Crippen LogP contribution in [0, 0.1) is 5.92 Å². The summed E-state index contributed by atoms with van der Waals surface area (Å²) in [4.78, 5) is 40.4. The Balaban J connectivity index is 1.61. The zero-order valence-electron chi connectivity index (χ0n) is 23.7. The van der Waals surface area contributed by atoms with Gasteiger partial charge in [-0.2, -0.15) is 0 Å². The number of hydrogen-bond acceptors (Lipinski definition) is 8. The highest BCUT2D eigenvalue weighted by Gasteiger charge is 2.47. The second-order valence-electron chi connectivity index (χ2n) is 10.6. The highest BCUT2D eigenvalue weighted by Crippen LogP contribution is 2.44. The molecule has 0 aromatic heterocycles. The van der Waals surface area contributed by atoms with Crippen molar-refractivity contribution in [3.8, 4) is 11.5 Å². The second-order valence-corrected chi connectivity index (χ2v) is 12.8. The average molecular weight is 608 g/mol. The average Bonchev–Trinajstić information content (AvgIpc) is 3.78. The number of carboxylic acids is 1. The molecule has 4 N–H and O–H groups in total. The van der Waals surface area contributed by atoms with Crippen LogP contribution < -0.4 is 20.5 Å². The number of ether oxygens (including phenoxy) is 2. The lowest BCUT2D eigenvalue weighted by atomic mass is 9.93. The van der Waals surface area contributed by atoms with Crippen LogP contribution in [-0.4, -0.2) is 62.2 Å². The molecule has 1 unspecified atom stereocenters. The molecule has 226 valence electrons. The second kappa shape index (κ2) is 12.0. The Labute approximate surface area is 249 Å². The number of nitrogens with zero attached hydrogens (tertiary/aromatic N) is 1. The Bertz CT molecular complexity index is 1670. The topological polar surface area (TPSA) is 165 Å². The molecule has 1 aliphatic carbocycles. The van der Waals surface area contributed by atoms with E-state index in [1.165, 1.54) is 31.3 Å². The first-order valence-electron chi connectivity index (χ1n) is 13.8. The zero-order chi connectivity index (χ0) is 30.9. The zero-order valence-corrected chi connectivity index (χ0v) is 24.5. The van der Waals surface area contributed by atoms with Gasteiger partial charge in [-0.3, -0.25) is 14.4 Å². The summed E-state index contributed by atoms with van der Waals surface area (Å²) >= 11 is 0. The van der Waals surface area contributed by atoms with E-state index in [-0.39, 0.29) is 29.0 Å². The molecule has 3 aromatic carbocycles. The first-order chi connectivity index (χ1) is 20.6. The van der Waals surface area contributed by atoms with Gasteiger partial charge in [0.05, 0.1) is 36.3 Å². The van der Waals surface area contributed by atoms with Gasteiger partial charge < -0.3 is 30.5 Å². The van der Waals surface area contributed by atoms with Gasteiger partial charge in [0.15, 0.2) is 21.3 Å². The Hall–Kier alpha value is -4.58. The van der Waals surface area contributed by atoms with Crippen molar-refractivity contribution in [1.29, 1.82) is 0 Å². The third-order valence-corrected chi connectivity index (χ3v) is 10.3. The lowest BCUT2D eigenvalue weighted by molar-refractivity contribution is -0.143. The third kappa shape index (κ3) is 5.87. The van der Waals surface area contributed by atoms with E-state index in [1.807, 2.05) is 0 Å². The van der Waals surface area contributed by atoms with E-state index in [0.29, 0.717) is 35.6 Å². The number of anilines is 1. The molecule has 5 rings (SSSR count). The van der Waals surface area contributed by atoms with Gasteiger partial charge in [-0.15, -0.1) is 0 Å². The molecule has 0 bridgehead atoms. The molecule has 1 heterocycles. The lowest BCUT2D eigenvalue weighted by Crippen LogP contribution is -2.40. The normalized spacial score (nSPS) is 19.0. The highest BCUT2D eigenvalue weighted by molar-refractivity contribution is 7.92. The maximum Gasteiger partial charge on any atom is 0.309 e. The summed E-state index contributed by atoms with van der Waals surface area (Å²) in [6.45, 7) is 0.0884. The standard InChI is InChI=1S/C31H33N3O8S/c1-41-24-13-10-18(17-25(24)42-2)27(33-20-7-5-6-19(16-20)29(32)35)30(36)34-15-14-23(31(37)38)28(34)22-8-3-4-9-26(22)43(39,40)21-11-12-21/h3-10,13,16-17,21,23,27-28,33H,11-12,14-15H2,1-2H3,(H2,32,35)(H,37,38)/t23-,27?,28-/m0/s1. The number of benzene rings is 3. The van der Waals surface area contributed by atoms with Crippen LogP contribution in [0.15, 0.2) is 71.6 Å². The van der Waals surface area contributed by atoms with Crippen molar-refractivity contribution in [1.82, 2.24) is 4.90 Å². The predicted molar refractivity (Wildman–Crippen MR) is 158 cm³/mol. The van der Waals surface area contributed by atoms with Crippen molar-refractivity contribution in [2.45, 2.75) is 41.5 Å². The molecule has 2 amide bonds. The number of carbonyl (C=O) groups excluding carboxylic acids is 2. The quantitative estimate of drug-likeness (QED) is 0.295. The fourth-order valence-electron chi connectivity index (χ4n) is 5.64. The molecule has 3 aromatic rings. The number of hydrogen-bond donors (Lipinski definition) is 3. The van der Waals surface area contributed by atoms with E-state index >= 15 is 0 Å². The molecule has 1 saturated carbocycles. The van der Waals surface area contributed by atoms with E-state index in [1.54, 1.807) is 54.6 Å². The molecule has 43 heavy (non-hydrogen) atoms. The molecule has 2 aliphatic rings. The molecule has 0 spiro atoms. The molecule has 12 heteroatoms. The fourth-order valence-corrected chi connectivity index (χ4v) is 7.54. The van der Waals surface area contributed by atoms with E-state index in [2.05, 4.69) is 5.32 Å². The Morgan fingerprint density at radius 1 is 0.953 bits per heavy atom. The lowest BCUT2D eigenvalue weighted by Gasteiger charge is -2.32. The number of amides is 2. The molecule has 1 saturated heterocycles. The van der Waals surface area contributed by atoms with Crippen molar-refractivity contribution in [3.63, 3.8) is 0 Å². The summed E-state index contributed by atoms with van der Waals surface area (Å²) in [5.74, 6) is -2.46. The maximum absolute atomic E-state index is 14.5. The summed E-state index contributed by atoms with van der Waals surface area (Å²) in [5, 5.41) is 12.9. The monoisotopic (exact) mass is 607 g/mol. The van der Waals surface area contributed by atoms with Gasteiger partial charge >= 0.3 is 5.97 Å². The number of primary amides is 1. The van der Waals surface area contributed by atoms with Crippen molar-refractivity contribution in [2.75, 3.05) is 26.1 Å². The largest absolute Gasteiger partial charge is 0.493 e. The van der Waals surface area contributed by atoms with Gasteiger partial charge in [-0.25, -0.2) is 8.42 Å². The number of rotatable bonds is 11. The number of likely N-dealkylation sites (tertiary alicyclic amines) is 1. The van der Waals surface area contributed by atoms with Gasteiger partial charge in [-0.05, 0) is 66.8 Å². The summed E-state index contributed by atoms with van der Waals surface area (Å²) in [6.07, 6.45) is 1.23. The molecular formula is C31H33N3O8S. The summed E-state index contributed by atoms with van der Waals surface area (Å²) in [7, 11) is -0.750. The number of sulfone groups is 1. The van der Waals surface area contributed by atoms with E-state index in [9.17, 15) is 27.9 Å². The maximum atomic E-state index is 14.5. The molecule has 1 aliphatic heterocycles. The third-order valence-electron chi connectivity index (χ3n) is 7.95. The minimum absolute atomic E-state index is 0.0539. The summed E-state index contributed by atoms with van der Waals surface area (Å²) < 4.78 is 37.7. The smallest absolute Gasteiger partial charge is 0.309 e. The van der Waals surface area contributed by atoms with E-state index < -0.39 is 50.9 Å². The van der Waals surface area contributed by atoms with Crippen LogP contribution in [0.2, 0.25) is 0 Å². The van der Waals surface area contributed by atoms with Crippen LogP contribution in [0.25, 0.3) is 0 Å².